The minimum atomic E-state index is -0.843. The van der Waals surface area contributed by atoms with Gasteiger partial charge in [-0.3, -0.25) is 0 Å². The van der Waals surface area contributed by atoms with Crippen LogP contribution in [0.4, 0.5) is 5.69 Å². The zero-order valence-electron chi connectivity index (χ0n) is 13.3. The number of hydrogen-bond acceptors (Lipinski definition) is 3. The van der Waals surface area contributed by atoms with E-state index in [9.17, 15) is 9.90 Å². The number of benzene rings is 2. The predicted molar refractivity (Wildman–Crippen MR) is 100 cm³/mol. The summed E-state index contributed by atoms with van der Waals surface area (Å²) >= 11 is 4.82. The summed E-state index contributed by atoms with van der Waals surface area (Å²) in [6, 6.07) is 16.7. The molecule has 2 aromatic carbocycles. The van der Waals surface area contributed by atoms with Crippen LogP contribution in [-0.2, 0) is 16.0 Å². The molecule has 0 saturated carbocycles. The smallest absolute Gasteiger partial charge is 0.326 e. The van der Waals surface area contributed by atoms with Gasteiger partial charge in [-0.25, -0.2) is 4.79 Å². The second kappa shape index (κ2) is 12.4. The van der Waals surface area contributed by atoms with E-state index in [-0.39, 0.29) is 18.3 Å². The summed E-state index contributed by atoms with van der Waals surface area (Å²) in [6.07, 6.45) is 1.10. The van der Waals surface area contributed by atoms with Gasteiger partial charge >= 0.3 is 5.97 Å². The van der Waals surface area contributed by atoms with E-state index in [1.54, 1.807) is 0 Å². The first-order valence-electron chi connectivity index (χ1n) is 7.16. The molecule has 0 unspecified atom stereocenters. The van der Waals surface area contributed by atoms with Crippen molar-refractivity contribution in [3.8, 4) is 0 Å². The molecular formula is C18H21Cl2NO3. The number of aldehydes is 1. The molecule has 1 atom stereocenters. The fourth-order valence-electron chi connectivity index (χ4n) is 1.90. The zero-order chi connectivity index (χ0) is 17.1. The fourth-order valence-corrected chi connectivity index (χ4v) is 1.90. The van der Waals surface area contributed by atoms with E-state index in [0.717, 1.165) is 16.8 Å². The normalized spacial score (nSPS) is 10.4. The Bertz CT molecular complexity index is 603. The summed E-state index contributed by atoms with van der Waals surface area (Å²) in [4.78, 5) is 20.4. The Balaban J connectivity index is 0.000000954. The van der Waals surface area contributed by atoms with Crippen molar-refractivity contribution in [2.75, 3.05) is 11.2 Å². The topological polar surface area (TPSA) is 66.4 Å². The Kier molecular flexibility index (Phi) is 11.3. The number of carboxylic acids is 1. The zero-order valence-corrected chi connectivity index (χ0v) is 14.9. The Morgan fingerprint density at radius 2 is 1.71 bits per heavy atom. The largest absolute Gasteiger partial charge is 0.480 e. The first-order valence-corrected chi connectivity index (χ1v) is 7.69. The monoisotopic (exact) mass is 369 g/mol. The Labute approximate surface area is 153 Å². The van der Waals surface area contributed by atoms with Gasteiger partial charge in [0, 0.05) is 12.1 Å². The molecule has 0 amide bonds. The van der Waals surface area contributed by atoms with Crippen molar-refractivity contribution in [3.63, 3.8) is 0 Å². The Morgan fingerprint density at radius 1 is 1.17 bits per heavy atom. The van der Waals surface area contributed by atoms with E-state index in [0.29, 0.717) is 12.7 Å². The number of aliphatic carboxylic acids is 1. The third-order valence-electron chi connectivity index (χ3n) is 3.04. The molecular weight excluding hydrogens is 349 g/mol. The van der Waals surface area contributed by atoms with Crippen LogP contribution in [0.15, 0.2) is 54.6 Å². The highest BCUT2D eigenvalue weighted by molar-refractivity contribution is 6.24. The van der Waals surface area contributed by atoms with Gasteiger partial charge in [0.2, 0.25) is 0 Å². The quantitative estimate of drug-likeness (QED) is 0.597. The third kappa shape index (κ3) is 8.56. The van der Waals surface area contributed by atoms with E-state index < -0.39 is 12.0 Å². The van der Waals surface area contributed by atoms with Crippen molar-refractivity contribution in [2.45, 2.75) is 19.4 Å². The Morgan fingerprint density at radius 3 is 2.17 bits per heavy atom. The van der Waals surface area contributed by atoms with E-state index >= 15 is 0 Å². The number of rotatable bonds is 6. The number of nitrogens with one attached hydrogen (secondary N) is 1. The number of anilines is 1. The van der Waals surface area contributed by atoms with Gasteiger partial charge in [0.15, 0.2) is 0 Å². The van der Waals surface area contributed by atoms with Gasteiger partial charge < -0.3 is 15.2 Å². The van der Waals surface area contributed by atoms with Crippen molar-refractivity contribution < 1.29 is 14.7 Å². The lowest BCUT2D eigenvalue weighted by Gasteiger charge is -2.16. The molecule has 4 nitrogen and oxygen atoms in total. The average molecular weight is 370 g/mol. The number of halogens is 2. The third-order valence-corrected chi connectivity index (χ3v) is 3.16. The highest BCUT2D eigenvalue weighted by Crippen LogP contribution is 2.13. The van der Waals surface area contributed by atoms with Gasteiger partial charge in [0.1, 0.15) is 12.3 Å². The van der Waals surface area contributed by atoms with E-state index in [1.165, 1.54) is 0 Å². The second-order valence-electron chi connectivity index (χ2n) is 4.91. The Hall–Kier alpha value is -2.04. The van der Waals surface area contributed by atoms with Crippen LogP contribution in [0.25, 0.3) is 0 Å². The van der Waals surface area contributed by atoms with Crippen LogP contribution < -0.4 is 5.32 Å². The first-order chi connectivity index (χ1) is 11.1. The molecule has 2 N–H and O–H groups in total. The van der Waals surface area contributed by atoms with Crippen LogP contribution in [0.2, 0.25) is 0 Å². The fraction of sp³-hybridized carbons (Fsp3) is 0.222. The maximum Gasteiger partial charge on any atom is 0.326 e. The number of hydrogen-bond donors (Lipinski definition) is 2. The molecule has 0 aromatic heterocycles. The first kappa shape index (κ1) is 22.0. The van der Waals surface area contributed by atoms with E-state index in [2.05, 4.69) is 5.32 Å². The summed E-state index contributed by atoms with van der Waals surface area (Å²) in [7, 11) is 0. The molecule has 0 spiro atoms. The van der Waals surface area contributed by atoms with Crippen molar-refractivity contribution in [2.24, 2.45) is 0 Å². The predicted octanol–water partition coefficient (Wildman–Crippen LogP) is 3.95. The summed E-state index contributed by atoms with van der Waals surface area (Å²) in [5.74, 6) is -0.732. The van der Waals surface area contributed by atoms with E-state index in [1.807, 2.05) is 61.5 Å². The lowest BCUT2D eigenvalue weighted by atomic mass is 10.1. The van der Waals surface area contributed by atoms with Crippen molar-refractivity contribution in [1.29, 1.82) is 0 Å². The van der Waals surface area contributed by atoms with Crippen LogP contribution in [0.5, 0.6) is 0 Å². The lowest BCUT2D eigenvalue weighted by Crippen LogP contribution is -2.31. The molecule has 0 aliphatic rings. The number of alkyl halides is 1. The van der Waals surface area contributed by atoms with Crippen LogP contribution in [-0.4, -0.2) is 29.3 Å². The van der Waals surface area contributed by atoms with Gasteiger partial charge in [-0.2, -0.15) is 0 Å². The molecule has 0 bridgehead atoms. The minimum absolute atomic E-state index is 0. The molecule has 6 heteroatoms. The van der Waals surface area contributed by atoms with Gasteiger partial charge in [0.25, 0.3) is 0 Å². The highest BCUT2D eigenvalue weighted by Gasteiger charge is 2.17. The van der Waals surface area contributed by atoms with Gasteiger partial charge in [-0.15, -0.1) is 24.0 Å². The maximum absolute atomic E-state index is 11.3. The van der Waals surface area contributed by atoms with Gasteiger partial charge in [-0.1, -0.05) is 48.0 Å². The molecule has 0 radical (unpaired) electrons. The van der Waals surface area contributed by atoms with Crippen LogP contribution >= 0.6 is 24.0 Å². The van der Waals surface area contributed by atoms with Crippen LogP contribution in [0.1, 0.15) is 11.1 Å². The average Bonchev–Trinajstić information content (AvgIpc) is 2.57. The molecule has 2 rings (SSSR count). The standard InChI is InChI=1S/C16H17NO2.C2H3ClO.ClH/c1-12-7-9-14(10-8-12)17-15(16(18)19)11-13-5-3-2-4-6-13;3-1-2-4;/h2-10,15,17H,11H2,1H3,(H,18,19);2H,1H2;1H/t15-;;/m0../s1. The molecule has 0 fully saturated rings. The summed E-state index contributed by atoms with van der Waals surface area (Å²) in [6.45, 7) is 2.00. The molecule has 130 valence electrons. The van der Waals surface area contributed by atoms with Crippen LogP contribution in [0, 0.1) is 6.92 Å². The van der Waals surface area contributed by atoms with Crippen molar-refractivity contribution in [3.05, 3.63) is 65.7 Å². The lowest BCUT2D eigenvalue weighted by molar-refractivity contribution is -0.137. The summed E-state index contributed by atoms with van der Waals surface area (Å²) < 4.78 is 0. The molecule has 24 heavy (non-hydrogen) atoms. The minimum Gasteiger partial charge on any atom is -0.480 e. The van der Waals surface area contributed by atoms with Crippen LogP contribution in [0.3, 0.4) is 0 Å². The van der Waals surface area contributed by atoms with Gasteiger partial charge in [-0.05, 0) is 24.6 Å². The SMILES string of the molecule is Cc1ccc(N[C@@H](Cc2ccccc2)C(=O)O)cc1.Cl.O=CCCl. The molecule has 0 aliphatic heterocycles. The number of aryl methyl sites for hydroxylation is 1. The molecule has 2 aromatic rings. The van der Waals surface area contributed by atoms with Crippen molar-refractivity contribution in [1.82, 2.24) is 0 Å². The van der Waals surface area contributed by atoms with Gasteiger partial charge in [0.05, 0.1) is 5.88 Å². The summed E-state index contributed by atoms with van der Waals surface area (Å²) in [5.41, 5.74) is 2.99. The van der Waals surface area contributed by atoms with E-state index in [4.69, 9.17) is 16.4 Å². The number of carbonyl (C=O) groups excluding carboxylic acids is 1. The van der Waals surface area contributed by atoms with Crippen molar-refractivity contribution >= 4 is 42.0 Å². The highest BCUT2D eigenvalue weighted by atomic mass is 35.5. The summed E-state index contributed by atoms with van der Waals surface area (Å²) in [5, 5.41) is 12.3. The molecule has 0 saturated heterocycles. The number of carbonyl (C=O) groups is 2. The molecule has 0 aliphatic carbocycles. The molecule has 0 heterocycles. The second-order valence-corrected chi connectivity index (χ2v) is 5.22. The maximum atomic E-state index is 11.3. The number of carboxylic acid groups (broad SMARTS) is 1.